The Morgan fingerprint density at radius 2 is 2.00 bits per heavy atom. The van der Waals surface area contributed by atoms with Crippen molar-refractivity contribution < 1.29 is 22.7 Å². The number of carbonyl (C=O) groups excluding carboxylic acids is 1. The quantitative estimate of drug-likeness (QED) is 0.764. The van der Waals surface area contributed by atoms with Crippen molar-refractivity contribution in [1.29, 1.82) is 0 Å². The minimum absolute atomic E-state index is 0.103. The van der Waals surface area contributed by atoms with Crippen LogP contribution in [0.2, 0.25) is 5.02 Å². The van der Waals surface area contributed by atoms with Crippen molar-refractivity contribution in [3.63, 3.8) is 0 Å². The lowest BCUT2D eigenvalue weighted by molar-refractivity contribution is -0.137. The lowest BCUT2D eigenvalue weighted by atomic mass is 10.1. The van der Waals surface area contributed by atoms with Crippen LogP contribution in [0.3, 0.4) is 0 Å². The number of benzene rings is 1. The van der Waals surface area contributed by atoms with Gasteiger partial charge in [-0.3, -0.25) is 4.79 Å². The van der Waals surface area contributed by atoms with Crippen molar-refractivity contribution in [3.05, 3.63) is 58.8 Å². The van der Waals surface area contributed by atoms with Gasteiger partial charge in [0.15, 0.2) is 5.82 Å². The van der Waals surface area contributed by atoms with E-state index in [0.29, 0.717) is 37.8 Å². The number of alkyl halides is 3. The van der Waals surface area contributed by atoms with Gasteiger partial charge in [-0.15, -0.1) is 0 Å². The van der Waals surface area contributed by atoms with E-state index in [-0.39, 0.29) is 10.6 Å². The van der Waals surface area contributed by atoms with Crippen molar-refractivity contribution in [2.45, 2.75) is 6.18 Å². The van der Waals surface area contributed by atoms with Crippen LogP contribution in [0.25, 0.3) is 6.08 Å². The van der Waals surface area contributed by atoms with Crippen molar-refractivity contribution in [3.8, 4) is 0 Å². The number of nitrogens with one attached hydrogen (secondary N) is 1. The number of hydrogen-bond donors (Lipinski definition) is 1. The number of pyridine rings is 1. The highest BCUT2D eigenvalue weighted by atomic mass is 35.5. The summed E-state index contributed by atoms with van der Waals surface area (Å²) in [6, 6.07) is 6.34. The second kappa shape index (κ2) is 8.62. The first-order valence-electron chi connectivity index (χ1n) is 8.48. The van der Waals surface area contributed by atoms with Gasteiger partial charge in [-0.05, 0) is 42.0 Å². The summed E-state index contributed by atoms with van der Waals surface area (Å²) in [6.45, 7) is 2.43. The van der Waals surface area contributed by atoms with Crippen LogP contribution < -0.4 is 10.2 Å². The van der Waals surface area contributed by atoms with Gasteiger partial charge < -0.3 is 15.0 Å². The van der Waals surface area contributed by atoms with E-state index in [9.17, 15) is 18.0 Å². The SMILES string of the molecule is O=C(/C=C/c1cc(C(F)(F)F)ccc1Cl)Nc1cccnc1N1CCOCC1. The lowest BCUT2D eigenvalue weighted by Crippen LogP contribution is -2.37. The van der Waals surface area contributed by atoms with Crippen molar-refractivity contribution >= 4 is 35.1 Å². The zero-order valence-electron chi connectivity index (χ0n) is 14.7. The Morgan fingerprint density at radius 3 is 2.71 bits per heavy atom. The third-order valence-electron chi connectivity index (χ3n) is 4.09. The first-order chi connectivity index (χ1) is 13.3. The number of aromatic nitrogens is 1. The molecule has 1 aliphatic rings. The first-order valence-corrected chi connectivity index (χ1v) is 8.86. The minimum atomic E-state index is -4.49. The molecule has 0 spiro atoms. The van der Waals surface area contributed by atoms with Crippen LogP contribution in [0.5, 0.6) is 0 Å². The van der Waals surface area contributed by atoms with E-state index < -0.39 is 17.6 Å². The predicted molar refractivity (Wildman–Crippen MR) is 101 cm³/mol. The van der Waals surface area contributed by atoms with Gasteiger partial charge in [-0.25, -0.2) is 4.98 Å². The van der Waals surface area contributed by atoms with Gasteiger partial charge in [0.25, 0.3) is 0 Å². The molecule has 0 aliphatic carbocycles. The van der Waals surface area contributed by atoms with E-state index in [1.54, 1.807) is 18.3 Å². The second-order valence-corrected chi connectivity index (χ2v) is 6.44. The maximum atomic E-state index is 12.8. The molecule has 3 rings (SSSR count). The smallest absolute Gasteiger partial charge is 0.378 e. The summed E-state index contributed by atoms with van der Waals surface area (Å²) < 4.78 is 43.8. The van der Waals surface area contributed by atoms with Crippen LogP contribution in [0, 0.1) is 0 Å². The van der Waals surface area contributed by atoms with Gasteiger partial charge in [-0.1, -0.05) is 11.6 Å². The highest BCUT2D eigenvalue weighted by Gasteiger charge is 2.30. The van der Waals surface area contributed by atoms with Crippen LogP contribution in [-0.4, -0.2) is 37.2 Å². The fourth-order valence-electron chi connectivity index (χ4n) is 2.71. The maximum absolute atomic E-state index is 12.8. The number of rotatable bonds is 4. The van der Waals surface area contributed by atoms with E-state index >= 15 is 0 Å². The summed E-state index contributed by atoms with van der Waals surface area (Å²) in [5, 5.41) is 2.82. The number of carbonyl (C=O) groups is 1. The normalized spacial score (nSPS) is 15.1. The number of anilines is 2. The topological polar surface area (TPSA) is 54.5 Å². The highest BCUT2D eigenvalue weighted by molar-refractivity contribution is 6.32. The van der Waals surface area contributed by atoms with Crippen molar-refractivity contribution in [2.75, 3.05) is 36.5 Å². The van der Waals surface area contributed by atoms with Crippen LogP contribution in [0.15, 0.2) is 42.6 Å². The molecule has 1 saturated heterocycles. The maximum Gasteiger partial charge on any atom is 0.416 e. The Morgan fingerprint density at radius 1 is 1.25 bits per heavy atom. The van der Waals surface area contributed by atoms with E-state index in [2.05, 4.69) is 10.3 Å². The summed E-state index contributed by atoms with van der Waals surface area (Å²) in [4.78, 5) is 18.6. The van der Waals surface area contributed by atoms with Gasteiger partial charge in [0, 0.05) is 30.4 Å². The van der Waals surface area contributed by atoms with E-state index in [1.165, 1.54) is 6.08 Å². The van der Waals surface area contributed by atoms with Gasteiger partial charge >= 0.3 is 6.18 Å². The molecule has 5 nitrogen and oxygen atoms in total. The highest BCUT2D eigenvalue weighted by Crippen LogP contribution is 2.32. The molecule has 2 heterocycles. The molecule has 1 aromatic carbocycles. The molecule has 9 heteroatoms. The molecule has 1 amide bonds. The van der Waals surface area contributed by atoms with Gasteiger partial charge in [0.2, 0.25) is 5.91 Å². The molecule has 0 unspecified atom stereocenters. The Kier molecular flexibility index (Phi) is 6.21. The molecule has 0 atom stereocenters. The average molecular weight is 412 g/mol. The molecule has 0 radical (unpaired) electrons. The van der Waals surface area contributed by atoms with Crippen molar-refractivity contribution in [1.82, 2.24) is 4.98 Å². The Bertz CT molecular complexity index is 881. The van der Waals surface area contributed by atoms with Crippen LogP contribution in [0.4, 0.5) is 24.7 Å². The zero-order chi connectivity index (χ0) is 20.1. The first kappa shape index (κ1) is 20.2. The number of nitrogens with zero attached hydrogens (tertiary/aromatic N) is 2. The summed E-state index contributed by atoms with van der Waals surface area (Å²) in [5.41, 5.74) is -0.223. The predicted octanol–water partition coefficient (Wildman–Crippen LogP) is 4.24. The number of ether oxygens (including phenoxy) is 1. The number of amides is 1. The molecule has 1 N–H and O–H groups in total. The van der Waals surface area contributed by atoms with Gasteiger partial charge in [0.05, 0.1) is 24.5 Å². The fourth-order valence-corrected chi connectivity index (χ4v) is 2.89. The van der Waals surface area contributed by atoms with E-state index in [0.717, 1.165) is 24.3 Å². The fraction of sp³-hybridized carbons (Fsp3) is 0.263. The van der Waals surface area contributed by atoms with E-state index in [4.69, 9.17) is 16.3 Å². The van der Waals surface area contributed by atoms with Gasteiger partial charge in [-0.2, -0.15) is 13.2 Å². The van der Waals surface area contributed by atoms with E-state index in [1.807, 2.05) is 4.90 Å². The molecule has 1 aliphatic heterocycles. The Balaban J connectivity index is 1.75. The second-order valence-electron chi connectivity index (χ2n) is 6.03. The molecule has 0 bridgehead atoms. The van der Waals surface area contributed by atoms with Crippen molar-refractivity contribution in [2.24, 2.45) is 0 Å². The molecular formula is C19H17ClF3N3O2. The number of halogens is 4. The van der Waals surface area contributed by atoms with Crippen LogP contribution >= 0.6 is 11.6 Å². The molecule has 1 aromatic heterocycles. The largest absolute Gasteiger partial charge is 0.416 e. The monoisotopic (exact) mass is 411 g/mol. The average Bonchev–Trinajstić information content (AvgIpc) is 2.67. The number of morpholine rings is 1. The molecule has 1 fully saturated rings. The summed E-state index contributed by atoms with van der Waals surface area (Å²) >= 11 is 5.94. The third-order valence-corrected chi connectivity index (χ3v) is 4.44. The Hall–Kier alpha value is -2.58. The number of hydrogen-bond acceptors (Lipinski definition) is 4. The standard InChI is InChI=1S/C19H17ClF3N3O2/c20-15-5-4-14(19(21,22)23)12-13(15)3-6-17(27)25-16-2-1-7-24-18(16)26-8-10-28-11-9-26/h1-7,12H,8-11H2,(H,25,27)/b6-3+. The summed E-state index contributed by atoms with van der Waals surface area (Å²) in [7, 11) is 0. The zero-order valence-corrected chi connectivity index (χ0v) is 15.4. The summed E-state index contributed by atoms with van der Waals surface area (Å²) in [6.07, 6.45) is -0.480. The molecule has 2 aromatic rings. The van der Waals surface area contributed by atoms with Crippen LogP contribution in [0.1, 0.15) is 11.1 Å². The third kappa shape index (κ3) is 5.02. The van der Waals surface area contributed by atoms with Crippen LogP contribution in [-0.2, 0) is 15.7 Å². The minimum Gasteiger partial charge on any atom is -0.378 e. The van der Waals surface area contributed by atoms with Gasteiger partial charge in [0.1, 0.15) is 0 Å². The molecule has 0 saturated carbocycles. The summed E-state index contributed by atoms with van der Waals surface area (Å²) in [5.74, 6) is 0.112. The molecule has 148 valence electrons. The molecule has 28 heavy (non-hydrogen) atoms. The lowest BCUT2D eigenvalue weighted by Gasteiger charge is -2.29. The molecular weight excluding hydrogens is 395 g/mol. The Labute approximate surface area is 164 Å².